The number of para-hydroxylation sites is 1. The van der Waals surface area contributed by atoms with Crippen LogP contribution in [0, 0.1) is 0 Å². The first-order chi connectivity index (χ1) is 12.6. The predicted octanol–water partition coefficient (Wildman–Crippen LogP) is 4.38. The first-order valence-electron chi connectivity index (χ1n) is 7.79. The molecule has 3 aromatic carbocycles. The van der Waals surface area contributed by atoms with Crippen LogP contribution in [0.25, 0.3) is 11.1 Å². The summed E-state index contributed by atoms with van der Waals surface area (Å²) < 4.78 is 0. The molecule has 0 saturated carbocycles. The van der Waals surface area contributed by atoms with E-state index in [1.165, 1.54) is 0 Å². The Bertz CT molecular complexity index is 955. The molecule has 0 radical (unpaired) electrons. The molecule has 0 fully saturated rings. The summed E-state index contributed by atoms with van der Waals surface area (Å²) in [6.07, 6.45) is 0. The summed E-state index contributed by atoms with van der Waals surface area (Å²) in [6, 6.07) is 20.8. The lowest BCUT2D eigenvalue weighted by atomic mass is 10.0. The number of rotatable bonds is 4. The number of benzene rings is 3. The molecule has 0 atom stereocenters. The average Bonchev–Trinajstić information content (AvgIpc) is 2.69. The van der Waals surface area contributed by atoms with E-state index in [1.54, 1.807) is 72.2 Å². The first-order valence-corrected chi connectivity index (χ1v) is 8.17. The first kappa shape index (κ1) is 17.7. The minimum atomic E-state index is -0.579. The van der Waals surface area contributed by atoms with Gasteiger partial charge in [0.05, 0.1) is 10.7 Å². The number of amides is 2. The highest BCUT2D eigenvalue weighted by atomic mass is 35.5. The Morgan fingerprint density at radius 1 is 0.769 bits per heavy atom. The van der Waals surface area contributed by atoms with E-state index in [0.29, 0.717) is 21.8 Å². The third-order valence-corrected chi connectivity index (χ3v) is 4.16. The van der Waals surface area contributed by atoms with Gasteiger partial charge in [-0.25, -0.2) is 5.48 Å². The summed E-state index contributed by atoms with van der Waals surface area (Å²) in [7, 11) is 0. The van der Waals surface area contributed by atoms with Crippen LogP contribution < -0.4 is 10.8 Å². The lowest BCUT2D eigenvalue weighted by Crippen LogP contribution is -2.18. The van der Waals surface area contributed by atoms with Crippen LogP contribution in [0.5, 0.6) is 0 Å². The lowest BCUT2D eigenvalue weighted by Gasteiger charge is -2.09. The molecule has 0 aliphatic heterocycles. The van der Waals surface area contributed by atoms with Crippen molar-refractivity contribution >= 4 is 29.1 Å². The summed E-state index contributed by atoms with van der Waals surface area (Å²) in [5, 5.41) is 11.9. The van der Waals surface area contributed by atoms with Gasteiger partial charge in [-0.05, 0) is 47.5 Å². The maximum atomic E-state index is 12.5. The Labute approximate surface area is 155 Å². The van der Waals surface area contributed by atoms with Gasteiger partial charge in [-0.1, -0.05) is 48.0 Å². The molecule has 6 heteroatoms. The van der Waals surface area contributed by atoms with Crippen LogP contribution in [0.3, 0.4) is 0 Å². The van der Waals surface area contributed by atoms with Crippen LogP contribution >= 0.6 is 11.6 Å². The molecule has 3 rings (SSSR count). The number of hydroxylamine groups is 1. The van der Waals surface area contributed by atoms with Crippen molar-refractivity contribution in [1.29, 1.82) is 0 Å². The fourth-order valence-electron chi connectivity index (χ4n) is 2.48. The molecule has 0 bridgehead atoms. The molecule has 26 heavy (non-hydrogen) atoms. The Hall–Kier alpha value is -3.15. The van der Waals surface area contributed by atoms with Crippen molar-refractivity contribution in [1.82, 2.24) is 5.48 Å². The summed E-state index contributed by atoms with van der Waals surface area (Å²) in [4.78, 5) is 23.9. The van der Waals surface area contributed by atoms with Crippen LogP contribution in [0.1, 0.15) is 20.7 Å². The van der Waals surface area contributed by atoms with Gasteiger partial charge in [0.2, 0.25) is 0 Å². The second-order valence-corrected chi connectivity index (χ2v) is 5.94. The quantitative estimate of drug-likeness (QED) is 0.473. The van der Waals surface area contributed by atoms with Crippen molar-refractivity contribution in [2.75, 3.05) is 5.32 Å². The van der Waals surface area contributed by atoms with Crippen molar-refractivity contribution in [3.8, 4) is 11.1 Å². The van der Waals surface area contributed by atoms with E-state index in [4.69, 9.17) is 16.8 Å². The monoisotopic (exact) mass is 366 g/mol. The zero-order chi connectivity index (χ0) is 18.5. The number of nitrogens with one attached hydrogen (secondary N) is 2. The van der Waals surface area contributed by atoms with Gasteiger partial charge in [0.15, 0.2) is 0 Å². The van der Waals surface area contributed by atoms with Gasteiger partial charge in [-0.3, -0.25) is 14.8 Å². The summed E-state index contributed by atoms with van der Waals surface area (Å²) in [5.41, 5.74) is 4.62. The highest BCUT2D eigenvalue weighted by Crippen LogP contribution is 2.24. The smallest absolute Gasteiger partial charge is 0.274 e. The number of anilines is 1. The van der Waals surface area contributed by atoms with Crippen molar-refractivity contribution in [3.05, 3.63) is 88.9 Å². The topological polar surface area (TPSA) is 78.4 Å². The molecule has 5 nitrogen and oxygen atoms in total. The number of hydrogen-bond acceptors (Lipinski definition) is 3. The van der Waals surface area contributed by atoms with Crippen molar-refractivity contribution in [3.63, 3.8) is 0 Å². The molecule has 0 aliphatic rings. The predicted molar refractivity (Wildman–Crippen MR) is 101 cm³/mol. The van der Waals surface area contributed by atoms with E-state index in [2.05, 4.69) is 5.32 Å². The van der Waals surface area contributed by atoms with Gasteiger partial charge < -0.3 is 5.32 Å². The lowest BCUT2D eigenvalue weighted by molar-refractivity contribution is 0.0706. The number of hydrogen-bond donors (Lipinski definition) is 3. The van der Waals surface area contributed by atoms with Gasteiger partial charge in [-0.15, -0.1) is 0 Å². The molecule has 2 amide bonds. The minimum absolute atomic E-state index is 0.267. The Morgan fingerprint density at radius 3 is 2.19 bits per heavy atom. The Kier molecular flexibility index (Phi) is 5.31. The molecular weight excluding hydrogens is 352 g/mol. The normalized spacial score (nSPS) is 10.2. The van der Waals surface area contributed by atoms with Crippen LogP contribution in [0.2, 0.25) is 5.02 Å². The second kappa shape index (κ2) is 7.82. The van der Waals surface area contributed by atoms with E-state index in [-0.39, 0.29) is 5.91 Å². The van der Waals surface area contributed by atoms with Gasteiger partial charge in [0.25, 0.3) is 11.8 Å². The van der Waals surface area contributed by atoms with Crippen molar-refractivity contribution < 1.29 is 14.8 Å². The largest absolute Gasteiger partial charge is 0.321 e. The number of carbonyl (C=O) groups excluding carboxylic acids is 2. The molecule has 0 heterocycles. The van der Waals surface area contributed by atoms with E-state index in [1.807, 2.05) is 6.07 Å². The van der Waals surface area contributed by atoms with Gasteiger partial charge in [0, 0.05) is 11.1 Å². The van der Waals surface area contributed by atoms with Crippen molar-refractivity contribution in [2.24, 2.45) is 0 Å². The molecule has 0 spiro atoms. The highest BCUT2D eigenvalue weighted by Gasteiger charge is 2.10. The van der Waals surface area contributed by atoms with Gasteiger partial charge >= 0.3 is 0 Å². The second-order valence-electron chi connectivity index (χ2n) is 5.53. The molecular formula is C20H15ClN2O3. The van der Waals surface area contributed by atoms with E-state index < -0.39 is 5.91 Å². The minimum Gasteiger partial charge on any atom is -0.321 e. The maximum Gasteiger partial charge on any atom is 0.274 e. The third-order valence-electron chi connectivity index (χ3n) is 3.83. The molecule has 0 unspecified atom stereocenters. The van der Waals surface area contributed by atoms with Gasteiger partial charge in [-0.2, -0.15) is 0 Å². The molecule has 0 aromatic heterocycles. The number of carbonyl (C=O) groups is 2. The summed E-state index contributed by atoms with van der Waals surface area (Å²) >= 11 is 6.07. The maximum absolute atomic E-state index is 12.5. The summed E-state index contributed by atoms with van der Waals surface area (Å²) in [6.45, 7) is 0. The van der Waals surface area contributed by atoms with E-state index in [9.17, 15) is 9.59 Å². The fourth-order valence-corrected chi connectivity index (χ4v) is 2.66. The zero-order valence-corrected chi connectivity index (χ0v) is 14.3. The Balaban J connectivity index is 1.83. The Morgan fingerprint density at radius 2 is 1.50 bits per heavy atom. The average molecular weight is 367 g/mol. The van der Waals surface area contributed by atoms with Crippen LogP contribution in [-0.4, -0.2) is 17.0 Å². The van der Waals surface area contributed by atoms with E-state index >= 15 is 0 Å². The standard InChI is InChI=1S/C20H15ClN2O3/c21-17-6-1-2-7-18(17)22-19(24)16-5-3-4-15(12-16)13-8-10-14(11-9-13)20(25)23-26/h1-12,26H,(H,22,24)(H,23,25). The SMILES string of the molecule is O=C(NO)c1ccc(-c2cccc(C(=O)Nc3ccccc3Cl)c2)cc1. The van der Waals surface area contributed by atoms with Crippen molar-refractivity contribution in [2.45, 2.75) is 0 Å². The third kappa shape index (κ3) is 3.91. The molecule has 0 aliphatic carbocycles. The summed E-state index contributed by atoms with van der Waals surface area (Å²) in [5.74, 6) is -0.847. The highest BCUT2D eigenvalue weighted by molar-refractivity contribution is 6.33. The van der Waals surface area contributed by atoms with E-state index in [0.717, 1.165) is 11.1 Å². The molecule has 130 valence electrons. The van der Waals surface area contributed by atoms with Gasteiger partial charge in [0.1, 0.15) is 0 Å². The molecule has 3 aromatic rings. The molecule has 0 saturated heterocycles. The van der Waals surface area contributed by atoms with Crippen LogP contribution in [0.4, 0.5) is 5.69 Å². The van der Waals surface area contributed by atoms with Crippen LogP contribution in [0.15, 0.2) is 72.8 Å². The fraction of sp³-hybridized carbons (Fsp3) is 0. The van der Waals surface area contributed by atoms with Crippen LogP contribution in [-0.2, 0) is 0 Å². The number of halogens is 1. The zero-order valence-electron chi connectivity index (χ0n) is 13.6. The molecule has 3 N–H and O–H groups in total.